The molecule has 5 rings (SSSR count). The second-order valence-electron chi connectivity index (χ2n) is 8.98. The van der Waals surface area contributed by atoms with Gasteiger partial charge in [0.2, 0.25) is 5.91 Å². The highest BCUT2D eigenvalue weighted by molar-refractivity contribution is 5.85. The molecule has 1 saturated carbocycles. The third-order valence-electron chi connectivity index (χ3n) is 6.48. The number of aromatic nitrogens is 4. The van der Waals surface area contributed by atoms with Gasteiger partial charge in [0.05, 0.1) is 24.3 Å². The summed E-state index contributed by atoms with van der Waals surface area (Å²) in [6.45, 7) is 6.40. The van der Waals surface area contributed by atoms with E-state index in [0.29, 0.717) is 36.1 Å². The third-order valence-corrected chi connectivity index (χ3v) is 6.48. The van der Waals surface area contributed by atoms with Crippen LogP contribution in [-0.2, 0) is 24.1 Å². The van der Waals surface area contributed by atoms with Gasteiger partial charge in [-0.2, -0.15) is 18.2 Å². The molecule has 1 aliphatic carbocycles. The van der Waals surface area contributed by atoms with Gasteiger partial charge in [0.25, 0.3) is 5.78 Å². The van der Waals surface area contributed by atoms with Gasteiger partial charge in [-0.3, -0.25) is 9.20 Å². The molecule has 0 radical (unpaired) electrons. The van der Waals surface area contributed by atoms with Gasteiger partial charge >= 0.3 is 6.18 Å². The van der Waals surface area contributed by atoms with E-state index in [0.717, 1.165) is 36.2 Å². The van der Waals surface area contributed by atoms with E-state index in [1.807, 2.05) is 23.1 Å². The molecule has 0 spiro atoms. The van der Waals surface area contributed by atoms with Crippen molar-refractivity contribution in [1.29, 1.82) is 0 Å². The number of hydrogen-bond donors (Lipinski definition) is 1. The molecule has 1 aromatic carbocycles. The van der Waals surface area contributed by atoms with Crippen LogP contribution in [0.2, 0.25) is 0 Å². The molecular weight excluding hydrogens is 421 g/mol. The van der Waals surface area contributed by atoms with Crippen LogP contribution in [0, 0.1) is 12.3 Å². The van der Waals surface area contributed by atoms with Crippen molar-refractivity contribution in [2.45, 2.75) is 58.9 Å². The van der Waals surface area contributed by atoms with Crippen LogP contribution in [0.1, 0.15) is 60.9 Å². The fourth-order valence-corrected chi connectivity index (χ4v) is 4.26. The number of anilines is 1. The summed E-state index contributed by atoms with van der Waals surface area (Å²) in [5.74, 6) is 1.70. The standard InChI is InChI=1S/C22H23F3N6O/c1-12(14-5-4-6-15(9-14)22(23,24)25)26-18-16-10-30(19(32)21(3)7-8-21)11-17(16)31-13(2)28-29-20(31)27-18/h4-6,9,12H,7-8,10-11H2,1-3H3,(H,26,27,29). The normalized spacial score (nSPS) is 18.0. The van der Waals surface area contributed by atoms with Crippen LogP contribution < -0.4 is 5.32 Å². The second-order valence-corrected chi connectivity index (χ2v) is 8.98. The minimum Gasteiger partial charge on any atom is -0.363 e. The first kappa shape index (κ1) is 20.7. The Morgan fingerprint density at radius 1 is 1.22 bits per heavy atom. The van der Waals surface area contributed by atoms with E-state index in [2.05, 4.69) is 20.5 Å². The maximum Gasteiger partial charge on any atom is 0.416 e. The summed E-state index contributed by atoms with van der Waals surface area (Å²) in [4.78, 5) is 19.4. The summed E-state index contributed by atoms with van der Waals surface area (Å²) < 4.78 is 41.3. The van der Waals surface area contributed by atoms with Crippen molar-refractivity contribution in [2.24, 2.45) is 5.41 Å². The molecule has 32 heavy (non-hydrogen) atoms. The zero-order valence-electron chi connectivity index (χ0n) is 18.0. The van der Waals surface area contributed by atoms with Crippen molar-refractivity contribution in [3.63, 3.8) is 0 Å². The lowest BCUT2D eigenvalue weighted by molar-refractivity contribution is -0.138. The van der Waals surface area contributed by atoms with Gasteiger partial charge in [-0.25, -0.2) is 0 Å². The van der Waals surface area contributed by atoms with Gasteiger partial charge < -0.3 is 10.2 Å². The lowest BCUT2D eigenvalue weighted by atomic mass is 10.0. The van der Waals surface area contributed by atoms with Crippen LogP contribution in [0.15, 0.2) is 24.3 Å². The number of carbonyl (C=O) groups excluding carboxylic acids is 1. The molecule has 2 aromatic heterocycles. The lowest BCUT2D eigenvalue weighted by Gasteiger charge is -2.20. The monoisotopic (exact) mass is 444 g/mol. The van der Waals surface area contributed by atoms with Gasteiger partial charge in [-0.1, -0.05) is 19.1 Å². The van der Waals surface area contributed by atoms with E-state index in [9.17, 15) is 18.0 Å². The number of hydrogen-bond acceptors (Lipinski definition) is 5. The quantitative estimate of drug-likeness (QED) is 0.651. The fourth-order valence-electron chi connectivity index (χ4n) is 4.26. The highest BCUT2D eigenvalue weighted by Gasteiger charge is 2.48. The minimum absolute atomic E-state index is 0.115. The predicted molar refractivity (Wildman–Crippen MR) is 111 cm³/mol. The number of nitrogens with one attached hydrogen (secondary N) is 1. The summed E-state index contributed by atoms with van der Waals surface area (Å²) in [6, 6.07) is 4.80. The summed E-state index contributed by atoms with van der Waals surface area (Å²) in [5.41, 5.74) is 1.23. The van der Waals surface area contributed by atoms with Crippen LogP contribution in [0.5, 0.6) is 0 Å². The molecule has 1 amide bonds. The van der Waals surface area contributed by atoms with E-state index in [1.54, 1.807) is 13.0 Å². The Morgan fingerprint density at radius 2 is 1.97 bits per heavy atom. The lowest BCUT2D eigenvalue weighted by Crippen LogP contribution is -2.31. The van der Waals surface area contributed by atoms with Crippen molar-refractivity contribution in [1.82, 2.24) is 24.5 Å². The molecule has 0 bridgehead atoms. The topological polar surface area (TPSA) is 75.4 Å². The first-order chi connectivity index (χ1) is 15.1. The van der Waals surface area contributed by atoms with Crippen molar-refractivity contribution >= 4 is 17.5 Å². The van der Waals surface area contributed by atoms with Crippen LogP contribution in [0.4, 0.5) is 19.0 Å². The SMILES string of the molecule is Cc1nnc2nc(NC(C)c3cccc(C(F)(F)F)c3)c3c(n12)CN(C(=O)C1(C)CC1)C3. The molecule has 1 atom stereocenters. The molecule has 10 heteroatoms. The van der Waals surface area contributed by atoms with Gasteiger partial charge in [0, 0.05) is 17.0 Å². The summed E-state index contributed by atoms with van der Waals surface area (Å²) in [6.07, 6.45) is -2.64. The number of aryl methyl sites for hydroxylation is 1. The molecule has 7 nitrogen and oxygen atoms in total. The highest BCUT2D eigenvalue weighted by atomic mass is 19.4. The molecule has 2 aliphatic rings. The smallest absolute Gasteiger partial charge is 0.363 e. The predicted octanol–water partition coefficient (Wildman–Crippen LogP) is 4.27. The molecule has 1 N–H and O–H groups in total. The van der Waals surface area contributed by atoms with Crippen LogP contribution >= 0.6 is 0 Å². The molecule has 3 aromatic rings. The molecule has 0 saturated heterocycles. The Kier molecular flexibility index (Phi) is 4.48. The van der Waals surface area contributed by atoms with Gasteiger partial charge in [0.15, 0.2) is 0 Å². The van der Waals surface area contributed by atoms with Crippen LogP contribution in [0.25, 0.3) is 5.78 Å². The van der Waals surface area contributed by atoms with Crippen LogP contribution in [0.3, 0.4) is 0 Å². The van der Waals surface area contributed by atoms with Gasteiger partial charge in [-0.05, 0) is 44.4 Å². The zero-order valence-corrected chi connectivity index (χ0v) is 18.0. The Balaban J connectivity index is 1.50. The Bertz CT molecular complexity index is 1230. The minimum atomic E-state index is -4.41. The van der Waals surface area contributed by atoms with Crippen molar-refractivity contribution in [3.05, 3.63) is 52.5 Å². The summed E-state index contributed by atoms with van der Waals surface area (Å²) in [5, 5.41) is 11.5. The van der Waals surface area contributed by atoms with Crippen molar-refractivity contribution in [2.75, 3.05) is 5.32 Å². The molecule has 1 unspecified atom stereocenters. The molecule has 168 valence electrons. The third kappa shape index (κ3) is 3.37. The van der Waals surface area contributed by atoms with E-state index >= 15 is 0 Å². The second kappa shape index (κ2) is 6.91. The molecule has 3 heterocycles. The number of halogens is 3. The van der Waals surface area contributed by atoms with E-state index in [1.165, 1.54) is 6.07 Å². The number of nitrogens with zero attached hydrogens (tertiary/aromatic N) is 5. The summed E-state index contributed by atoms with van der Waals surface area (Å²) in [7, 11) is 0. The van der Waals surface area contributed by atoms with E-state index < -0.39 is 17.8 Å². The number of amides is 1. The molecule has 1 aliphatic heterocycles. The summed E-state index contributed by atoms with van der Waals surface area (Å²) >= 11 is 0. The van der Waals surface area contributed by atoms with Crippen molar-refractivity contribution < 1.29 is 18.0 Å². The largest absolute Gasteiger partial charge is 0.416 e. The van der Waals surface area contributed by atoms with E-state index in [-0.39, 0.29) is 11.3 Å². The maximum atomic E-state index is 13.1. The Labute approximate surface area is 182 Å². The van der Waals surface area contributed by atoms with Crippen LogP contribution in [-0.4, -0.2) is 30.4 Å². The Morgan fingerprint density at radius 3 is 2.66 bits per heavy atom. The average Bonchev–Trinajstić information content (AvgIpc) is 3.18. The molecule has 1 fully saturated rings. The number of benzene rings is 1. The maximum absolute atomic E-state index is 13.1. The number of fused-ring (bicyclic) bond motifs is 3. The van der Waals surface area contributed by atoms with Gasteiger partial charge in [0.1, 0.15) is 11.6 Å². The van der Waals surface area contributed by atoms with Gasteiger partial charge in [-0.15, -0.1) is 10.2 Å². The number of rotatable bonds is 4. The Hall–Kier alpha value is -3.17. The van der Waals surface area contributed by atoms with E-state index in [4.69, 9.17) is 0 Å². The number of carbonyl (C=O) groups is 1. The molecular formula is C22H23F3N6O. The first-order valence-electron chi connectivity index (χ1n) is 10.5. The van der Waals surface area contributed by atoms with Crippen molar-refractivity contribution in [3.8, 4) is 0 Å². The number of alkyl halides is 3. The first-order valence-corrected chi connectivity index (χ1v) is 10.5. The average molecular weight is 444 g/mol. The zero-order chi connectivity index (χ0) is 22.8. The highest BCUT2D eigenvalue weighted by Crippen LogP contribution is 2.48. The fraction of sp³-hybridized carbons (Fsp3) is 0.455.